The van der Waals surface area contributed by atoms with Crippen LogP contribution in [0, 0.1) is 10.5 Å². The predicted molar refractivity (Wildman–Crippen MR) is 69.8 cm³/mol. The summed E-state index contributed by atoms with van der Waals surface area (Å²) in [5, 5.41) is 3.08. The Morgan fingerprint density at radius 2 is 2.25 bits per heavy atom. The normalized spacial score (nSPS) is 10.1. The first kappa shape index (κ1) is 11.1. The number of hydrogen-bond acceptors (Lipinski definition) is 4. The number of anilines is 2. The maximum atomic E-state index is 11.4. The van der Waals surface area contributed by atoms with Crippen molar-refractivity contribution in [1.29, 1.82) is 0 Å². The molecule has 0 spiro atoms. The molecule has 0 radical (unpaired) electrons. The Bertz CT molecular complexity index is 567. The highest BCUT2D eigenvalue weighted by Crippen LogP contribution is 2.18. The van der Waals surface area contributed by atoms with Crippen LogP contribution < -0.4 is 10.9 Å². The van der Waals surface area contributed by atoms with E-state index >= 15 is 0 Å². The highest BCUT2D eigenvalue weighted by molar-refractivity contribution is 14.1. The summed E-state index contributed by atoms with van der Waals surface area (Å²) in [7, 11) is 0. The van der Waals surface area contributed by atoms with E-state index in [9.17, 15) is 4.79 Å². The number of rotatable bonds is 2. The van der Waals surface area contributed by atoms with Crippen molar-refractivity contribution < 1.29 is 0 Å². The standard InChI is InChI=1S/C10H9IN4O/c1-6-7(3-2-4-12-6)15-9-8(11)10(16)14-5-13-9/h2-5H,1H3,(H2,13,14,15,16). The maximum Gasteiger partial charge on any atom is 0.266 e. The number of pyridine rings is 1. The van der Waals surface area contributed by atoms with Gasteiger partial charge in [0, 0.05) is 6.20 Å². The third-order valence-corrected chi connectivity index (χ3v) is 3.06. The first-order chi connectivity index (χ1) is 7.68. The number of aryl methyl sites for hydroxylation is 1. The molecule has 0 aliphatic heterocycles. The van der Waals surface area contributed by atoms with Crippen LogP contribution in [0.3, 0.4) is 0 Å². The van der Waals surface area contributed by atoms with Gasteiger partial charge in [0.25, 0.3) is 5.56 Å². The second-order valence-electron chi connectivity index (χ2n) is 3.16. The summed E-state index contributed by atoms with van der Waals surface area (Å²) in [5.41, 5.74) is 1.55. The smallest absolute Gasteiger partial charge is 0.266 e. The number of halogens is 1. The zero-order chi connectivity index (χ0) is 11.5. The van der Waals surface area contributed by atoms with Crippen molar-refractivity contribution in [2.75, 3.05) is 5.32 Å². The monoisotopic (exact) mass is 328 g/mol. The van der Waals surface area contributed by atoms with Gasteiger partial charge >= 0.3 is 0 Å². The van der Waals surface area contributed by atoms with Gasteiger partial charge in [0.2, 0.25) is 0 Å². The molecule has 2 aromatic heterocycles. The van der Waals surface area contributed by atoms with Gasteiger partial charge in [-0.25, -0.2) is 4.98 Å². The van der Waals surface area contributed by atoms with Crippen LogP contribution in [0.2, 0.25) is 0 Å². The molecule has 0 aliphatic rings. The van der Waals surface area contributed by atoms with Gasteiger partial charge < -0.3 is 10.3 Å². The summed E-state index contributed by atoms with van der Waals surface area (Å²) in [6.07, 6.45) is 3.09. The van der Waals surface area contributed by atoms with E-state index in [0.717, 1.165) is 11.4 Å². The van der Waals surface area contributed by atoms with Gasteiger partial charge in [-0.1, -0.05) is 0 Å². The minimum atomic E-state index is -0.153. The van der Waals surface area contributed by atoms with Gasteiger partial charge in [-0.05, 0) is 41.6 Å². The third-order valence-electron chi connectivity index (χ3n) is 2.06. The van der Waals surface area contributed by atoms with E-state index in [2.05, 4.69) is 20.3 Å². The lowest BCUT2D eigenvalue weighted by Gasteiger charge is -2.08. The van der Waals surface area contributed by atoms with Crippen LogP contribution in [0.5, 0.6) is 0 Å². The van der Waals surface area contributed by atoms with Crippen molar-refractivity contribution in [2.45, 2.75) is 6.92 Å². The SMILES string of the molecule is Cc1ncccc1Nc1nc[nH]c(=O)c1I. The first-order valence-electron chi connectivity index (χ1n) is 4.60. The molecule has 0 atom stereocenters. The quantitative estimate of drug-likeness (QED) is 0.825. The van der Waals surface area contributed by atoms with E-state index in [1.54, 1.807) is 6.20 Å². The van der Waals surface area contributed by atoms with Crippen LogP contribution in [0.1, 0.15) is 5.69 Å². The molecule has 82 valence electrons. The Balaban J connectivity index is 2.38. The Morgan fingerprint density at radius 1 is 1.44 bits per heavy atom. The Labute approximate surface area is 105 Å². The third kappa shape index (κ3) is 2.21. The summed E-state index contributed by atoms with van der Waals surface area (Å²) in [5.74, 6) is 0.542. The molecule has 0 unspecified atom stereocenters. The lowest BCUT2D eigenvalue weighted by Crippen LogP contribution is -2.13. The zero-order valence-electron chi connectivity index (χ0n) is 8.49. The molecule has 2 N–H and O–H groups in total. The molecule has 2 heterocycles. The molecular formula is C10H9IN4O. The second-order valence-corrected chi connectivity index (χ2v) is 4.23. The zero-order valence-corrected chi connectivity index (χ0v) is 10.6. The van der Waals surface area contributed by atoms with Gasteiger partial charge in [0.15, 0.2) is 5.82 Å². The Kier molecular flexibility index (Phi) is 3.18. The number of nitrogens with one attached hydrogen (secondary N) is 2. The van der Waals surface area contributed by atoms with Crippen molar-refractivity contribution in [3.63, 3.8) is 0 Å². The number of H-pyrrole nitrogens is 1. The summed E-state index contributed by atoms with van der Waals surface area (Å²) in [6.45, 7) is 1.89. The van der Waals surface area contributed by atoms with Gasteiger partial charge in [0.05, 0.1) is 17.7 Å². The molecule has 0 saturated carbocycles. The van der Waals surface area contributed by atoms with Crippen molar-refractivity contribution in [1.82, 2.24) is 15.0 Å². The highest BCUT2D eigenvalue weighted by Gasteiger charge is 2.06. The van der Waals surface area contributed by atoms with Crippen molar-refractivity contribution >= 4 is 34.1 Å². The lowest BCUT2D eigenvalue weighted by molar-refractivity contribution is 1.09. The fourth-order valence-electron chi connectivity index (χ4n) is 1.21. The fraction of sp³-hybridized carbons (Fsp3) is 0.100. The van der Waals surface area contributed by atoms with E-state index in [1.165, 1.54) is 6.33 Å². The molecule has 0 saturated heterocycles. The number of aromatic amines is 1. The van der Waals surface area contributed by atoms with Gasteiger partial charge in [-0.2, -0.15) is 0 Å². The molecule has 2 aromatic rings. The Hall–Kier alpha value is -1.44. The van der Waals surface area contributed by atoms with E-state index in [-0.39, 0.29) is 5.56 Å². The molecule has 2 rings (SSSR count). The van der Waals surface area contributed by atoms with Crippen LogP contribution in [0.15, 0.2) is 29.5 Å². The highest BCUT2D eigenvalue weighted by atomic mass is 127. The van der Waals surface area contributed by atoms with Crippen molar-refractivity contribution in [3.8, 4) is 0 Å². The summed E-state index contributed by atoms with van der Waals surface area (Å²) >= 11 is 1.95. The topological polar surface area (TPSA) is 70.7 Å². The Morgan fingerprint density at radius 3 is 3.00 bits per heavy atom. The average molecular weight is 328 g/mol. The van der Waals surface area contributed by atoms with E-state index < -0.39 is 0 Å². The summed E-state index contributed by atoms with van der Waals surface area (Å²) in [4.78, 5) is 22.1. The molecule has 0 aliphatic carbocycles. The van der Waals surface area contributed by atoms with E-state index in [4.69, 9.17) is 0 Å². The van der Waals surface area contributed by atoms with Crippen LogP contribution >= 0.6 is 22.6 Å². The largest absolute Gasteiger partial charge is 0.338 e. The molecule has 0 bridgehead atoms. The predicted octanol–water partition coefficient (Wildman–Crippen LogP) is 1.82. The molecular weight excluding hydrogens is 319 g/mol. The molecule has 0 fully saturated rings. The molecule has 0 aromatic carbocycles. The minimum absolute atomic E-state index is 0.153. The van der Waals surface area contributed by atoms with Gasteiger partial charge in [0.1, 0.15) is 3.57 Å². The lowest BCUT2D eigenvalue weighted by atomic mass is 10.3. The fourth-order valence-corrected chi connectivity index (χ4v) is 1.64. The van der Waals surface area contributed by atoms with E-state index in [0.29, 0.717) is 9.39 Å². The number of aromatic nitrogens is 3. The first-order valence-corrected chi connectivity index (χ1v) is 5.68. The number of hydrogen-bond donors (Lipinski definition) is 2. The average Bonchev–Trinajstić information content (AvgIpc) is 2.28. The summed E-state index contributed by atoms with van der Waals surface area (Å²) < 4.78 is 0.531. The molecule has 5 nitrogen and oxygen atoms in total. The van der Waals surface area contributed by atoms with Gasteiger partial charge in [-0.3, -0.25) is 9.78 Å². The minimum Gasteiger partial charge on any atom is -0.338 e. The number of nitrogens with zero attached hydrogens (tertiary/aromatic N) is 2. The molecule has 16 heavy (non-hydrogen) atoms. The van der Waals surface area contributed by atoms with Crippen molar-refractivity contribution in [2.24, 2.45) is 0 Å². The molecule has 6 heteroatoms. The van der Waals surface area contributed by atoms with Crippen molar-refractivity contribution in [3.05, 3.63) is 44.3 Å². The van der Waals surface area contributed by atoms with Crippen LogP contribution in [0.25, 0.3) is 0 Å². The molecule has 0 amide bonds. The maximum absolute atomic E-state index is 11.4. The van der Waals surface area contributed by atoms with Crippen LogP contribution in [-0.4, -0.2) is 15.0 Å². The summed E-state index contributed by atoms with van der Waals surface area (Å²) in [6, 6.07) is 3.72. The van der Waals surface area contributed by atoms with E-state index in [1.807, 2.05) is 41.6 Å². The van der Waals surface area contributed by atoms with Crippen LogP contribution in [-0.2, 0) is 0 Å². The van der Waals surface area contributed by atoms with Crippen LogP contribution in [0.4, 0.5) is 11.5 Å². The van der Waals surface area contributed by atoms with Gasteiger partial charge in [-0.15, -0.1) is 0 Å². The second kappa shape index (κ2) is 4.60.